The van der Waals surface area contributed by atoms with Crippen LogP contribution in [-0.2, 0) is 0 Å². The van der Waals surface area contributed by atoms with E-state index in [2.05, 4.69) is 21.3 Å². The molecule has 2 aliphatic rings. The number of hydrogen-bond acceptors (Lipinski definition) is 3. The van der Waals surface area contributed by atoms with Crippen molar-refractivity contribution in [2.24, 2.45) is 5.92 Å². The molecule has 1 N–H and O–H groups in total. The highest BCUT2D eigenvalue weighted by Gasteiger charge is 2.32. The van der Waals surface area contributed by atoms with Crippen LogP contribution in [0, 0.1) is 5.92 Å². The van der Waals surface area contributed by atoms with Gasteiger partial charge in [0.2, 0.25) is 0 Å². The first-order valence-corrected chi connectivity index (χ1v) is 6.30. The topological polar surface area (TPSA) is 28.2 Å². The largest absolute Gasteiger partial charge is 0.370 e. The lowest BCUT2D eigenvalue weighted by Gasteiger charge is -2.36. The van der Waals surface area contributed by atoms with E-state index in [0.29, 0.717) is 5.15 Å². The normalized spacial score (nSPS) is 29.2. The molecule has 0 aliphatic carbocycles. The van der Waals surface area contributed by atoms with Gasteiger partial charge >= 0.3 is 0 Å². The molecule has 0 aromatic carbocycles. The van der Waals surface area contributed by atoms with Crippen molar-refractivity contribution in [1.82, 2.24) is 10.3 Å². The fraction of sp³-hybridized carbons (Fsp3) is 0.583. The number of anilines is 1. The highest BCUT2D eigenvalue weighted by atomic mass is 35.5. The van der Waals surface area contributed by atoms with E-state index in [9.17, 15) is 0 Å². The number of aromatic nitrogens is 1. The lowest BCUT2D eigenvalue weighted by atomic mass is 9.93. The number of halogens is 1. The summed E-state index contributed by atoms with van der Waals surface area (Å²) in [6.45, 7) is 3.46. The lowest BCUT2D eigenvalue weighted by Crippen LogP contribution is -2.44. The van der Waals surface area contributed by atoms with E-state index in [0.717, 1.165) is 25.0 Å². The average molecular weight is 238 g/mol. The zero-order valence-electron chi connectivity index (χ0n) is 9.19. The molecule has 16 heavy (non-hydrogen) atoms. The number of nitrogens with zero attached hydrogens (tertiary/aromatic N) is 2. The third-order valence-corrected chi connectivity index (χ3v) is 3.96. The summed E-state index contributed by atoms with van der Waals surface area (Å²) < 4.78 is 0. The van der Waals surface area contributed by atoms with Crippen LogP contribution in [0.1, 0.15) is 12.8 Å². The molecule has 0 radical (unpaired) electrons. The van der Waals surface area contributed by atoms with Crippen molar-refractivity contribution in [3.8, 4) is 0 Å². The number of pyridine rings is 1. The molecule has 0 unspecified atom stereocenters. The van der Waals surface area contributed by atoms with Gasteiger partial charge in [-0.3, -0.25) is 0 Å². The average Bonchev–Trinajstić information content (AvgIpc) is 2.77. The van der Waals surface area contributed by atoms with Gasteiger partial charge in [-0.05, 0) is 37.4 Å². The van der Waals surface area contributed by atoms with E-state index in [1.54, 1.807) is 0 Å². The van der Waals surface area contributed by atoms with Crippen molar-refractivity contribution in [3.05, 3.63) is 23.5 Å². The minimum atomic E-state index is 0.571. The van der Waals surface area contributed by atoms with E-state index in [4.69, 9.17) is 11.6 Å². The van der Waals surface area contributed by atoms with Gasteiger partial charge in [0.25, 0.3) is 0 Å². The van der Waals surface area contributed by atoms with E-state index in [1.807, 2.05) is 12.3 Å². The molecule has 0 amide bonds. The summed E-state index contributed by atoms with van der Waals surface area (Å²) >= 11 is 5.80. The Morgan fingerprint density at radius 1 is 1.38 bits per heavy atom. The van der Waals surface area contributed by atoms with Crippen molar-refractivity contribution in [2.75, 3.05) is 24.5 Å². The third-order valence-electron chi connectivity index (χ3n) is 3.73. The molecule has 2 aliphatic heterocycles. The van der Waals surface area contributed by atoms with Gasteiger partial charge in [0.05, 0.1) is 11.9 Å². The Kier molecular flexibility index (Phi) is 2.74. The second-order valence-electron chi connectivity index (χ2n) is 4.68. The molecule has 2 fully saturated rings. The summed E-state index contributed by atoms with van der Waals surface area (Å²) in [4.78, 5) is 6.58. The quantitative estimate of drug-likeness (QED) is 0.757. The Bertz CT molecular complexity index is 365. The molecular weight excluding hydrogens is 222 g/mol. The zero-order valence-corrected chi connectivity index (χ0v) is 9.95. The van der Waals surface area contributed by atoms with Crippen LogP contribution in [0.5, 0.6) is 0 Å². The fourth-order valence-corrected chi connectivity index (χ4v) is 2.95. The number of hydrogen-bond donors (Lipinski definition) is 1. The molecule has 1 aromatic heterocycles. The molecule has 86 valence electrons. The number of piperidine rings is 1. The first-order valence-electron chi connectivity index (χ1n) is 5.93. The second kappa shape index (κ2) is 4.22. The molecule has 2 saturated heterocycles. The lowest BCUT2D eigenvalue weighted by molar-refractivity contribution is 0.376. The van der Waals surface area contributed by atoms with E-state index in [-0.39, 0.29) is 0 Å². The van der Waals surface area contributed by atoms with Gasteiger partial charge in [-0.1, -0.05) is 11.6 Å². The van der Waals surface area contributed by atoms with Crippen molar-refractivity contribution in [2.45, 2.75) is 18.9 Å². The standard InChI is InChI=1S/C12H16ClN3/c13-12-2-1-10(7-15-12)16-6-4-11-9(8-16)3-5-14-11/h1-2,7,9,11,14H,3-6,8H2/t9-,11+/m0/s1. The summed E-state index contributed by atoms with van der Waals surface area (Å²) in [6.07, 6.45) is 4.43. The molecule has 1 aromatic rings. The minimum absolute atomic E-state index is 0.571. The molecule has 3 rings (SSSR count). The maximum absolute atomic E-state index is 5.80. The SMILES string of the molecule is Clc1ccc(N2CC[C@H]3NCC[C@H]3C2)cn1. The maximum Gasteiger partial charge on any atom is 0.129 e. The van der Waals surface area contributed by atoms with Crippen molar-refractivity contribution >= 4 is 17.3 Å². The Morgan fingerprint density at radius 3 is 3.12 bits per heavy atom. The molecule has 4 heteroatoms. The van der Waals surface area contributed by atoms with Crippen LogP contribution in [0.4, 0.5) is 5.69 Å². The summed E-state index contributed by atoms with van der Waals surface area (Å²) in [6, 6.07) is 4.69. The summed E-state index contributed by atoms with van der Waals surface area (Å²) in [7, 11) is 0. The Hall–Kier alpha value is -0.800. The van der Waals surface area contributed by atoms with Crippen LogP contribution in [0.15, 0.2) is 18.3 Å². The van der Waals surface area contributed by atoms with Gasteiger partial charge in [-0.15, -0.1) is 0 Å². The van der Waals surface area contributed by atoms with Gasteiger partial charge in [-0.2, -0.15) is 0 Å². The summed E-state index contributed by atoms with van der Waals surface area (Å²) in [5, 5.41) is 4.15. The Labute approximate surface area is 101 Å². The van der Waals surface area contributed by atoms with Crippen molar-refractivity contribution < 1.29 is 0 Å². The van der Waals surface area contributed by atoms with Crippen LogP contribution in [0.2, 0.25) is 5.15 Å². The van der Waals surface area contributed by atoms with E-state index < -0.39 is 0 Å². The summed E-state index contributed by atoms with van der Waals surface area (Å²) in [5.74, 6) is 0.810. The van der Waals surface area contributed by atoms with Crippen LogP contribution in [0.3, 0.4) is 0 Å². The van der Waals surface area contributed by atoms with E-state index in [1.165, 1.54) is 25.1 Å². The summed E-state index contributed by atoms with van der Waals surface area (Å²) in [5.41, 5.74) is 1.20. The Morgan fingerprint density at radius 2 is 2.31 bits per heavy atom. The predicted octanol–water partition coefficient (Wildman–Crippen LogP) is 1.92. The first kappa shape index (κ1) is 10.4. The number of rotatable bonds is 1. The van der Waals surface area contributed by atoms with Gasteiger partial charge in [0, 0.05) is 19.1 Å². The van der Waals surface area contributed by atoms with Gasteiger partial charge in [0.1, 0.15) is 5.15 Å². The van der Waals surface area contributed by atoms with Gasteiger partial charge in [-0.25, -0.2) is 4.98 Å². The molecule has 0 bridgehead atoms. The Balaban J connectivity index is 1.74. The minimum Gasteiger partial charge on any atom is -0.370 e. The first-order chi connectivity index (χ1) is 7.83. The number of nitrogens with one attached hydrogen (secondary N) is 1. The van der Waals surface area contributed by atoms with Gasteiger partial charge < -0.3 is 10.2 Å². The van der Waals surface area contributed by atoms with Crippen molar-refractivity contribution in [3.63, 3.8) is 0 Å². The maximum atomic E-state index is 5.80. The third kappa shape index (κ3) is 1.89. The van der Waals surface area contributed by atoms with Crippen LogP contribution < -0.4 is 10.2 Å². The second-order valence-corrected chi connectivity index (χ2v) is 5.07. The van der Waals surface area contributed by atoms with Gasteiger partial charge in [0.15, 0.2) is 0 Å². The highest BCUT2D eigenvalue weighted by molar-refractivity contribution is 6.29. The van der Waals surface area contributed by atoms with Crippen LogP contribution in [-0.4, -0.2) is 30.7 Å². The molecule has 3 nitrogen and oxygen atoms in total. The number of fused-ring (bicyclic) bond motifs is 1. The smallest absolute Gasteiger partial charge is 0.129 e. The van der Waals surface area contributed by atoms with E-state index >= 15 is 0 Å². The van der Waals surface area contributed by atoms with Crippen LogP contribution >= 0.6 is 11.6 Å². The molecular formula is C12H16ClN3. The predicted molar refractivity (Wildman–Crippen MR) is 66.0 cm³/mol. The van der Waals surface area contributed by atoms with Crippen molar-refractivity contribution in [1.29, 1.82) is 0 Å². The monoisotopic (exact) mass is 237 g/mol. The molecule has 0 spiro atoms. The highest BCUT2D eigenvalue weighted by Crippen LogP contribution is 2.28. The zero-order chi connectivity index (χ0) is 11.0. The fourth-order valence-electron chi connectivity index (χ4n) is 2.84. The molecule has 3 heterocycles. The molecule has 0 saturated carbocycles. The molecule has 2 atom stereocenters. The van der Waals surface area contributed by atoms with Crippen LogP contribution in [0.25, 0.3) is 0 Å².